The van der Waals surface area contributed by atoms with Crippen LogP contribution in [0.15, 0.2) is 12.1 Å². The maximum atomic E-state index is 6.13. The molecule has 3 N–H and O–H groups in total. The van der Waals surface area contributed by atoms with Gasteiger partial charge in [-0.05, 0) is 36.1 Å². The summed E-state index contributed by atoms with van der Waals surface area (Å²) in [5, 5.41) is 0.788. The van der Waals surface area contributed by atoms with Crippen molar-refractivity contribution in [3.05, 3.63) is 28.3 Å². The van der Waals surface area contributed by atoms with Crippen molar-refractivity contribution in [3.63, 3.8) is 0 Å². The van der Waals surface area contributed by atoms with Gasteiger partial charge in [-0.1, -0.05) is 24.9 Å². The first-order chi connectivity index (χ1) is 8.24. The SMILES string of the molecule is CCCC(Cc1cc(Cl)cc2c1OCC2)NN. The Balaban J connectivity index is 2.20. The summed E-state index contributed by atoms with van der Waals surface area (Å²) in [6, 6.07) is 4.27. The molecule has 1 aliphatic rings. The third-order valence-corrected chi connectivity index (χ3v) is 3.38. The van der Waals surface area contributed by atoms with Crippen molar-refractivity contribution in [2.24, 2.45) is 5.84 Å². The van der Waals surface area contributed by atoms with E-state index >= 15 is 0 Å². The summed E-state index contributed by atoms with van der Waals surface area (Å²) in [6.07, 6.45) is 3.99. The molecule has 94 valence electrons. The number of benzene rings is 1. The van der Waals surface area contributed by atoms with Crippen molar-refractivity contribution in [1.29, 1.82) is 0 Å². The highest BCUT2D eigenvalue weighted by molar-refractivity contribution is 6.30. The zero-order valence-electron chi connectivity index (χ0n) is 10.1. The summed E-state index contributed by atoms with van der Waals surface area (Å²) < 4.78 is 5.68. The number of ether oxygens (including phenoxy) is 1. The van der Waals surface area contributed by atoms with Crippen LogP contribution in [0.4, 0.5) is 0 Å². The molecule has 1 aromatic carbocycles. The Morgan fingerprint density at radius 1 is 1.53 bits per heavy atom. The van der Waals surface area contributed by atoms with Gasteiger partial charge in [0, 0.05) is 17.5 Å². The Kier molecular flexibility index (Phi) is 4.26. The predicted octanol–water partition coefficient (Wildman–Crippen LogP) is 2.45. The molecule has 0 aliphatic carbocycles. The van der Waals surface area contributed by atoms with Crippen molar-refractivity contribution < 1.29 is 4.74 Å². The molecule has 0 amide bonds. The van der Waals surface area contributed by atoms with E-state index in [0.717, 1.165) is 43.1 Å². The van der Waals surface area contributed by atoms with E-state index in [1.54, 1.807) is 0 Å². The summed E-state index contributed by atoms with van der Waals surface area (Å²) >= 11 is 6.13. The fourth-order valence-corrected chi connectivity index (χ4v) is 2.62. The van der Waals surface area contributed by atoms with E-state index in [1.807, 2.05) is 12.1 Å². The Bertz CT molecular complexity index is 395. The molecule has 4 heteroatoms. The fourth-order valence-electron chi connectivity index (χ4n) is 2.36. The van der Waals surface area contributed by atoms with Gasteiger partial charge in [0.1, 0.15) is 5.75 Å². The van der Waals surface area contributed by atoms with Crippen LogP contribution in [0.2, 0.25) is 5.02 Å². The van der Waals surface area contributed by atoms with Crippen LogP contribution in [0.25, 0.3) is 0 Å². The molecule has 1 aromatic rings. The van der Waals surface area contributed by atoms with Gasteiger partial charge in [0.15, 0.2) is 0 Å². The molecule has 1 atom stereocenters. The van der Waals surface area contributed by atoms with E-state index in [-0.39, 0.29) is 6.04 Å². The largest absolute Gasteiger partial charge is 0.493 e. The number of hydrogen-bond donors (Lipinski definition) is 2. The third kappa shape index (κ3) is 2.92. The molecule has 0 saturated heterocycles. The molecule has 1 aliphatic heterocycles. The number of nitrogens with two attached hydrogens (primary N) is 1. The number of fused-ring (bicyclic) bond motifs is 1. The van der Waals surface area contributed by atoms with E-state index in [2.05, 4.69) is 12.3 Å². The van der Waals surface area contributed by atoms with Crippen LogP contribution in [0, 0.1) is 0 Å². The minimum absolute atomic E-state index is 0.284. The molecule has 2 rings (SSSR count). The second-order valence-electron chi connectivity index (χ2n) is 4.51. The van der Waals surface area contributed by atoms with Crippen molar-refractivity contribution in [2.45, 2.75) is 38.6 Å². The maximum Gasteiger partial charge on any atom is 0.125 e. The number of hydrazine groups is 1. The van der Waals surface area contributed by atoms with Crippen LogP contribution in [-0.4, -0.2) is 12.6 Å². The summed E-state index contributed by atoms with van der Waals surface area (Å²) in [5.41, 5.74) is 5.25. The Morgan fingerprint density at radius 3 is 3.06 bits per heavy atom. The maximum absolute atomic E-state index is 6.13. The number of rotatable bonds is 5. The van der Waals surface area contributed by atoms with Gasteiger partial charge in [-0.25, -0.2) is 0 Å². The topological polar surface area (TPSA) is 47.3 Å². The molecule has 0 spiro atoms. The first-order valence-electron chi connectivity index (χ1n) is 6.14. The average molecular weight is 255 g/mol. The van der Waals surface area contributed by atoms with Gasteiger partial charge in [0.25, 0.3) is 0 Å². The predicted molar refractivity (Wildman–Crippen MR) is 70.4 cm³/mol. The molecule has 3 nitrogen and oxygen atoms in total. The van der Waals surface area contributed by atoms with E-state index in [4.69, 9.17) is 22.2 Å². The smallest absolute Gasteiger partial charge is 0.125 e. The van der Waals surface area contributed by atoms with Crippen LogP contribution in [-0.2, 0) is 12.8 Å². The lowest BCUT2D eigenvalue weighted by Gasteiger charge is -2.17. The lowest BCUT2D eigenvalue weighted by molar-refractivity contribution is 0.350. The molecule has 17 heavy (non-hydrogen) atoms. The summed E-state index contributed by atoms with van der Waals surface area (Å²) in [4.78, 5) is 0. The van der Waals surface area contributed by atoms with Gasteiger partial charge in [0.05, 0.1) is 6.61 Å². The van der Waals surface area contributed by atoms with Crippen LogP contribution in [0.1, 0.15) is 30.9 Å². The van der Waals surface area contributed by atoms with Crippen molar-refractivity contribution in [2.75, 3.05) is 6.61 Å². The molecule has 0 saturated carbocycles. The normalized spacial score (nSPS) is 15.5. The van der Waals surface area contributed by atoms with Gasteiger partial charge in [-0.3, -0.25) is 11.3 Å². The Labute approximate surface area is 107 Å². The molecule has 0 radical (unpaired) electrons. The van der Waals surface area contributed by atoms with Crippen LogP contribution >= 0.6 is 11.6 Å². The van der Waals surface area contributed by atoms with E-state index < -0.39 is 0 Å². The summed E-state index contributed by atoms with van der Waals surface area (Å²) in [6.45, 7) is 2.92. The standard InChI is InChI=1S/C13H19ClN2O/c1-2-3-12(16-15)8-10-7-11(14)6-9-4-5-17-13(9)10/h6-7,12,16H,2-5,8,15H2,1H3. The highest BCUT2D eigenvalue weighted by atomic mass is 35.5. The van der Waals surface area contributed by atoms with Gasteiger partial charge in [-0.2, -0.15) is 0 Å². The van der Waals surface area contributed by atoms with Crippen molar-refractivity contribution in [3.8, 4) is 5.75 Å². The monoisotopic (exact) mass is 254 g/mol. The zero-order valence-corrected chi connectivity index (χ0v) is 10.9. The fraction of sp³-hybridized carbons (Fsp3) is 0.538. The summed E-state index contributed by atoms with van der Waals surface area (Å²) in [5.74, 6) is 6.59. The highest BCUT2D eigenvalue weighted by Gasteiger charge is 2.19. The Morgan fingerprint density at radius 2 is 2.35 bits per heavy atom. The molecule has 1 heterocycles. The van der Waals surface area contributed by atoms with Gasteiger partial charge in [-0.15, -0.1) is 0 Å². The Hall–Kier alpha value is -0.770. The minimum Gasteiger partial charge on any atom is -0.493 e. The van der Waals surface area contributed by atoms with Crippen LogP contribution < -0.4 is 16.0 Å². The second-order valence-corrected chi connectivity index (χ2v) is 4.94. The van der Waals surface area contributed by atoms with Crippen molar-refractivity contribution >= 4 is 11.6 Å². The van der Waals surface area contributed by atoms with E-state index in [1.165, 1.54) is 11.1 Å². The molecular weight excluding hydrogens is 236 g/mol. The first-order valence-corrected chi connectivity index (χ1v) is 6.52. The van der Waals surface area contributed by atoms with Gasteiger partial charge in [0.2, 0.25) is 0 Å². The second kappa shape index (κ2) is 5.71. The molecule has 0 aromatic heterocycles. The molecule has 0 fully saturated rings. The first kappa shape index (κ1) is 12.7. The van der Waals surface area contributed by atoms with Crippen LogP contribution in [0.5, 0.6) is 5.75 Å². The number of halogens is 1. The van der Waals surface area contributed by atoms with Gasteiger partial charge >= 0.3 is 0 Å². The van der Waals surface area contributed by atoms with E-state index in [0.29, 0.717) is 0 Å². The molecule has 1 unspecified atom stereocenters. The third-order valence-electron chi connectivity index (χ3n) is 3.16. The number of nitrogens with one attached hydrogen (secondary N) is 1. The minimum atomic E-state index is 0.284. The van der Waals surface area contributed by atoms with Crippen molar-refractivity contribution in [1.82, 2.24) is 5.43 Å². The zero-order chi connectivity index (χ0) is 12.3. The van der Waals surface area contributed by atoms with Gasteiger partial charge < -0.3 is 4.74 Å². The lowest BCUT2D eigenvalue weighted by Crippen LogP contribution is -2.36. The highest BCUT2D eigenvalue weighted by Crippen LogP contribution is 2.33. The molecular formula is C13H19ClN2O. The lowest BCUT2D eigenvalue weighted by atomic mass is 9.99. The van der Waals surface area contributed by atoms with E-state index in [9.17, 15) is 0 Å². The molecule has 0 bridgehead atoms. The average Bonchev–Trinajstić information content (AvgIpc) is 2.76. The quantitative estimate of drug-likeness (QED) is 0.627. The summed E-state index contributed by atoms with van der Waals surface area (Å²) in [7, 11) is 0. The number of hydrogen-bond acceptors (Lipinski definition) is 3. The van der Waals surface area contributed by atoms with Crippen LogP contribution in [0.3, 0.4) is 0 Å².